The van der Waals surface area contributed by atoms with Gasteiger partial charge in [-0.3, -0.25) is 4.57 Å². The molecule has 0 radical (unpaired) electrons. The van der Waals surface area contributed by atoms with Crippen LogP contribution in [0.3, 0.4) is 0 Å². The quantitative estimate of drug-likeness (QED) is 0.130. The molecule has 0 aliphatic heterocycles. The van der Waals surface area contributed by atoms with Crippen molar-refractivity contribution >= 4 is 72.3 Å². The first-order valence-corrected chi connectivity index (χ1v) is 18.5. The fraction of sp³-hybridized carbons (Fsp3) is 0.152. The standard InChI is InChI=1S/C16H12ClFN2O2.C16H13FN2O3.CH4.Cl3OP/c1-21-11-3-9(4-12(6-11)22-2)13-5-10-8-19-16(17)20-15(10)7-14(13)18;1-21-11-3-9(4-12(6-11)22-2)13-5-10-8-18-16(20)19-15(10)7-14(13)17;;1-5(2,3)4/h3-8H,1-2H3;3-8H,1-2H3,(H,18,19,20);1H4;. The normalized spacial score (nSPS) is 10.6. The van der Waals surface area contributed by atoms with Gasteiger partial charge in [-0.25, -0.2) is 28.5 Å². The Morgan fingerprint density at radius 3 is 1.54 bits per heavy atom. The number of H-pyrrole nitrogens is 1. The third-order valence-corrected chi connectivity index (χ3v) is 6.85. The van der Waals surface area contributed by atoms with E-state index in [1.54, 1.807) is 68.9 Å². The van der Waals surface area contributed by atoms with Crippen molar-refractivity contribution in [2.24, 2.45) is 0 Å². The molecule has 0 unspecified atom stereocenters. The number of nitrogens with zero attached hydrogens (tertiary/aromatic N) is 3. The van der Waals surface area contributed by atoms with Crippen molar-refractivity contribution in [3.8, 4) is 45.3 Å². The van der Waals surface area contributed by atoms with E-state index < -0.39 is 22.5 Å². The van der Waals surface area contributed by atoms with Crippen molar-refractivity contribution in [1.29, 1.82) is 0 Å². The summed E-state index contributed by atoms with van der Waals surface area (Å²) < 4.78 is 59.2. The second-order valence-corrected chi connectivity index (χ2v) is 16.7. The predicted octanol–water partition coefficient (Wildman–Crippen LogP) is 10.3. The van der Waals surface area contributed by atoms with Crippen LogP contribution < -0.4 is 24.6 Å². The van der Waals surface area contributed by atoms with Crippen LogP contribution in [0.25, 0.3) is 44.1 Å². The molecule has 1 N–H and O–H groups in total. The van der Waals surface area contributed by atoms with Crippen LogP contribution in [-0.4, -0.2) is 48.4 Å². The summed E-state index contributed by atoms with van der Waals surface area (Å²) >= 11 is 19.6. The molecule has 0 spiro atoms. The number of nitrogens with one attached hydrogen (secondary N) is 1. The Hall–Kier alpha value is -4.19. The Morgan fingerprint density at radius 2 is 1.08 bits per heavy atom. The fourth-order valence-electron chi connectivity index (χ4n) is 4.48. The summed E-state index contributed by atoms with van der Waals surface area (Å²) in [5, 5.41) is -1.80. The second kappa shape index (κ2) is 17.6. The molecule has 0 saturated carbocycles. The lowest BCUT2D eigenvalue weighted by atomic mass is 10.0. The molecule has 0 atom stereocenters. The molecule has 0 fully saturated rings. The molecule has 0 aliphatic rings. The van der Waals surface area contributed by atoms with E-state index in [1.807, 2.05) is 0 Å². The van der Waals surface area contributed by atoms with E-state index in [0.29, 0.717) is 67.1 Å². The maximum Gasteiger partial charge on any atom is 0.345 e. The van der Waals surface area contributed by atoms with Crippen LogP contribution in [0, 0.1) is 11.6 Å². The van der Waals surface area contributed by atoms with Crippen LogP contribution in [0.1, 0.15) is 7.43 Å². The highest BCUT2D eigenvalue weighted by Crippen LogP contribution is 2.61. The number of hydrogen-bond donors (Lipinski definition) is 1. The zero-order chi connectivity index (χ0) is 35.9. The monoisotopic (exact) mass is 786 g/mol. The van der Waals surface area contributed by atoms with Crippen LogP contribution in [0.5, 0.6) is 23.0 Å². The number of rotatable bonds is 6. The minimum Gasteiger partial charge on any atom is -0.497 e. The SMILES string of the molecule is C.COc1cc(OC)cc(-c2cc3cnc(=O)[nH]c3cc2F)c1.COc1cc(OC)cc(-c2cc3cnc(Cl)nc3cc2F)c1.O=P(Cl)(Cl)Cl. The van der Waals surface area contributed by atoms with E-state index in [4.69, 9.17) is 30.5 Å². The highest BCUT2D eigenvalue weighted by molar-refractivity contribution is 8.24. The summed E-state index contributed by atoms with van der Waals surface area (Å²) in [6.45, 7) is 0. The molecule has 264 valence electrons. The third-order valence-electron chi connectivity index (χ3n) is 6.67. The van der Waals surface area contributed by atoms with Gasteiger partial charge in [0.15, 0.2) is 0 Å². The predicted molar refractivity (Wildman–Crippen MR) is 196 cm³/mol. The lowest BCUT2D eigenvalue weighted by molar-refractivity contribution is 0.394. The number of ether oxygens (including phenoxy) is 4. The Balaban J connectivity index is 0.000000234. The topological polar surface area (TPSA) is 126 Å². The first kappa shape index (κ1) is 40.2. The van der Waals surface area contributed by atoms with Crippen molar-refractivity contribution in [3.63, 3.8) is 0 Å². The Bertz CT molecular complexity index is 2190. The molecule has 0 amide bonds. The van der Waals surface area contributed by atoms with Crippen LogP contribution in [0.4, 0.5) is 8.78 Å². The van der Waals surface area contributed by atoms with Crippen LogP contribution in [0.2, 0.25) is 5.28 Å². The largest absolute Gasteiger partial charge is 0.497 e. The Morgan fingerprint density at radius 1 is 0.660 bits per heavy atom. The summed E-state index contributed by atoms with van der Waals surface area (Å²) in [6.07, 6.45) is 2.97. The van der Waals surface area contributed by atoms with E-state index in [-0.39, 0.29) is 12.7 Å². The zero-order valence-electron chi connectivity index (χ0n) is 25.9. The molecule has 0 saturated heterocycles. The molecule has 4 aromatic carbocycles. The second-order valence-electron chi connectivity index (χ2n) is 9.74. The van der Waals surface area contributed by atoms with E-state index in [9.17, 15) is 18.1 Å². The van der Waals surface area contributed by atoms with Crippen LogP contribution >= 0.6 is 50.5 Å². The molecule has 10 nitrogen and oxygen atoms in total. The van der Waals surface area contributed by atoms with E-state index in [0.717, 1.165) is 0 Å². The highest BCUT2D eigenvalue weighted by atomic mass is 36.0. The molecule has 6 rings (SSSR count). The summed E-state index contributed by atoms with van der Waals surface area (Å²) in [7, 11) is 6.16. The minimum atomic E-state index is -3.22. The van der Waals surface area contributed by atoms with Crippen molar-refractivity contribution in [1.82, 2.24) is 19.9 Å². The van der Waals surface area contributed by atoms with Crippen molar-refractivity contribution in [3.05, 3.63) is 100 Å². The van der Waals surface area contributed by atoms with Crippen molar-refractivity contribution < 1.29 is 32.3 Å². The van der Waals surface area contributed by atoms with Gasteiger partial charge in [0, 0.05) is 52.5 Å². The number of aromatic nitrogens is 4. The maximum absolute atomic E-state index is 14.4. The molecule has 2 aromatic heterocycles. The smallest absolute Gasteiger partial charge is 0.345 e. The van der Waals surface area contributed by atoms with Crippen molar-refractivity contribution in [2.75, 3.05) is 28.4 Å². The van der Waals surface area contributed by atoms with Gasteiger partial charge in [-0.1, -0.05) is 7.43 Å². The minimum absolute atomic E-state index is 0. The number of benzene rings is 4. The van der Waals surface area contributed by atoms with E-state index in [2.05, 4.69) is 53.7 Å². The summed E-state index contributed by atoms with van der Waals surface area (Å²) in [6, 6.07) is 16.3. The first-order chi connectivity index (χ1) is 23.2. The highest BCUT2D eigenvalue weighted by Gasteiger charge is 2.13. The van der Waals surface area contributed by atoms with E-state index >= 15 is 0 Å². The molecule has 17 heteroatoms. The van der Waals surface area contributed by atoms with Gasteiger partial charge in [0.1, 0.15) is 34.6 Å². The van der Waals surface area contributed by atoms with Crippen molar-refractivity contribution in [2.45, 2.75) is 7.43 Å². The molecular formula is C33H29Cl4F2N4O6P. The first-order valence-electron chi connectivity index (χ1n) is 13.7. The number of methoxy groups -OCH3 is 4. The third kappa shape index (κ3) is 10.9. The molecule has 0 aliphatic carbocycles. The molecule has 50 heavy (non-hydrogen) atoms. The average Bonchev–Trinajstić information content (AvgIpc) is 3.06. The van der Waals surface area contributed by atoms with Gasteiger partial charge in [-0.2, -0.15) is 0 Å². The van der Waals surface area contributed by atoms with Gasteiger partial charge < -0.3 is 23.9 Å². The zero-order valence-corrected chi connectivity index (χ0v) is 29.9. The van der Waals surface area contributed by atoms with Gasteiger partial charge in [0.05, 0.1) is 39.5 Å². The molecule has 0 bridgehead atoms. The average molecular weight is 788 g/mol. The lowest BCUT2D eigenvalue weighted by Gasteiger charge is -2.10. The van der Waals surface area contributed by atoms with Crippen LogP contribution in [0.15, 0.2) is 77.9 Å². The maximum atomic E-state index is 14.4. The summed E-state index contributed by atoms with van der Waals surface area (Å²) in [4.78, 5) is 25.3. The molecular weight excluding hydrogens is 759 g/mol. The van der Waals surface area contributed by atoms with Gasteiger partial charge in [0.25, 0.3) is 0 Å². The molecule has 6 aromatic rings. The lowest BCUT2D eigenvalue weighted by Crippen LogP contribution is -2.08. The van der Waals surface area contributed by atoms with Crippen LogP contribution in [-0.2, 0) is 4.57 Å². The number of fused-ring (bicyclic) bond motifs is 2. The molecule has 2 heterocycles. The number of aromatic amines is 1. The summed E-state index contributed by atoms with van der Waals surface area (Å²) in [5.41, 5.74) is 2.39. The van der Waals surface area contributed by atoms with Gasteiger partial charge in [0.2, 0.25) is 5.28 Å². The number of halogens is 6. The Labute approximate surface area is 305 Å². The van der Waals surface area contributed by atoms with Gasteiger partial charge in [-0.05, 0) is 98.9 Å². The van der Waals surface area contributed by atoms with Gasteiger partial charge >= 0.3 is 10.9 Å². The van der Waals surface area contributed by atoms with Gasteiger partial charge in [-0.15, -0.1) is 0 Å². The summed E-state index contributed by atoms with van der Waals surface area (Å²) in [5.74, 6) is 1.44. The fourth-order valence-corrected chi connectivity index (χ4v) is 4.62. The number of hydrogen-bond acceptors (Lipinski definition) is 9. The Kier molecular flexibility index (Phi) is 14.2. The van der Waals surface area contributed by atoms with E-state index in [1.165, 1.54) is 32.5 Å².